The van der Waals surface area contributed by atoms with Gasteiger partial charge in [-0.2, -0.15) is 13.9 Å². The molecule has 0 atom stereocenters. The van der Waals surface area contributed by atoms with Gasteiger partial charge < -0.3 is 14.8 Å². The van der Waals surface area contributed by atoms with Crippen molar-refractivity contribution in [1.82, 2.24) is 9.78 Å². The molecule has 29 heavy (non-hydrogen) atoms. The standard InChI is InChI=1S/C18H12F5N3O3/c19-10-2-4-15(12(21)7-10)28-9-26-6-5-14(25-26)17(27)24-13-3-1-11(20)8-16(13)29-18(22)23/h1-8,18H,9H2,(H,24,27). The number of benzene rings is 2. The molecule has 1 N–H and O–H groups in total. The number of aromatic nitrogens is 2. The van der Waals surface area contributed by atoms with E-state index >= 15 is 0 Å². The third-order valence-electron chi connectivity index (χ3n) is 3.53. The van der Waals surface area contributed by atoms with Crippen LogP contribution in [0.4, 0.5) is 27.6 Å². The van der Waals surface area contributed by atoms with Gasteiger partial charge >= 0.3 is 6.61 Å². The van der Waals surface area contributed by atoms with E-state index in [1.165, 1.54) is 12.3 Å². The molecule has 6 nitrogen and oxygen atoms in total. The van der Waals surface area contributed by atoms with E-state index in [0.717, 1.165) is 28.9 Å². The number of hydrogen-bond acceptors (Lipinski definition) is 4. The topological polar surface area (TPSA) is 65.4 Å². The number of rotatable bonds is 7. The number of anilines is 1. The van der Waals surface area contributed by atoms with Crippen LogP contribution in [0.1, 0.15) is 10.5 Å². The molecule has 0 aliphatic rings. The van der Waals surface area contributed by atoms with Gasteiger partial charge in [0.25, 0.3) is 5.91 Å². The maximum absolute atomic E-state index is 13.5. The molecule has 1 heterocycles. The van der Waals surface area contributed by atoms with Crippen LogP contribution in [-0.4, -0.2) is 22.3 Å². The fourth-order valence-corrected chi connectivity index (χ4v) is 2.26. The number of alkyl halides is 2. The number of nitrogens with one attached hydrogen (secondary N) is 1. The van der Waals surface area contributed by atoms with Gasteiger partial charge in [-0.25, -0.2) is 17.9 Å². The molecule has 3 aromatic rings. The molecule has 152 valence electrons. The number of carbonyl (C=O) groups is 1. The van der Waals surface area contributed by atoms with Gasteiger partial charge in [-0.15, -0.1) is 0 Å². The molecule has 3 rings (SSSR count). The van der Waals surface area contributed by atoms with Gasteiger partial charge in [-0.05, 0) is 30.3 Å². The fourth-order valence-electron chi connectivity index (χ4n) is 2.26. The molecule has 0 aliphatic heterocycles. The van der Waals surface area contributed by atoms with Gasteiger partial charge in [-0.3, -0.25) is 4.79 Å². The Bertz CT molecular complexity index is 1030. The summed E-state index contributed by atoms with van der Waals surface area (Å²) in [6.07, 6.45) is 1.34. The van der Waals surface area contributed by atoms with E-state index in [9.17, 15) is 26.7 Å². The van der Waals surface area contributed by atoms with Crippen LogP contribution in [0.15, 0.2) is 48.7 Å². The largest absolute Gasteiger partial charge is 0.468 e. The van der Waals surface area contributed by atoms with Gasteiger partial charge in [0.2, 0.25) is 0 Å². The molecule has 0 unspecified atom stereocenters. The second-order valence-corrected chi connectivity index (χ2v) is 5.56. The molecule has 0 fully saturated rings. The second-order valence-electron chi connectivity index (χ2n) is 5.56. The number of nitrogens with zero attached hydrogens (tertiary/aromatic N) is 2. The molecule has 0 aliphatic carbocycles. The van der Waals surface area contributed by atoms with Crippen molar-refractivity contribution in [3.05, 3.63) is 71.8 Å². The van der Waals surface area contributed by atoms with Crippen LogP contribution in [0.3, 0.4) is 0 Å². The Labute approximate surface area is 160 Å². The molecular weight excluding hydrogens is 401 g/mol. The summed E-state index contributed by atoms with van der Waals surface area (Å²) < 4.78 is 75.0. The first-order chi connectivity index (χ1) is 13.8. The normalized spacial score (nSPS) is 10.8. The summed E-state index contributed by atoms with van der Waals surface area (Å²) in [6.45, 7) is -3.50. The predicted octanol–water partition coefficient (Wildman–Crippen LogP) is 4.19. The van der Waals surface area contributed by atoms with Crippen molar-refractivity contribution in [1.29, 1.82) is 0 Å². The Morgan fingerprint density at radius 1 is 1.03 bits per heavy atom. The molecule has 0 radical (unpaired) electrons. The van der Waals surface area contributed by atoms with Gasteiger partial charge in [0.1, 0.15) is 11.6 Å². The molecular formula is C18H12F5N3O3. The van der Waals surface area contributed by atoms with Crippen LogP contribution in [0.5, 0.6) is 11.5 Å². The molecule has 0 bridgehead atoms. The van der Waals surface area contributed by atoms with Crippen molar-refractivity contribution in [2.24, 2.45) is 0 Å². The minimum atomic E-state index is -3.21. The highest BCUT2D eigenvalue weighted by Gasteiger charge is 2.16. The maximum atomic E-state index is 13.5. The first-order valence-electron chi connectivity index (χ1n) is 7.99. The highest BCUT2D eigenvalue weighted by Crippen LogP contribution is 2.27. The lowest BCUT2D eigenvalue weighted by Crippen LogP contribution is -2.16. The summed E-state index contributed by atoms with van der Waals surface area (Å²) in [7, 11) is 0. The molecule has 2 aromatic carbocycles. The van der Waals surface area contributed by atoms with Crippen LogP contribution in [-0.2, 0) is 6.73 Å². The van der Waals surface area contributed by atoms with Crippen LogP contribution in [0.2, 0.25) is 0 Å². The summed E-state index contributed by atoms with van der Waals surface area (Å²) in [5.41, 5.74) is -0.309. The van der Waals surface area contributed by atoms with E-state index in [4.69, 9.17) is 4.74 Å². The lowest BCUT2D eigenvalue weighted by atomic mass is 10.2. The molecule has 1 amide bonds. The Balaban J connectivity index is 1.66. The van der Waals surface area contributed by atoms with Crippen molar-refractivity contribution < 1.29 is 36.2 Å². The third kappa shape index (κ3) is 5.21. The zero-order valence-electron chi connectivity index (χ0n) is 14.4. The van der Waals surface area contributed by atoms with E-state index in [-0.39, 0.29) is 23.9 Å². The minimum absolute atomic E-state index is 0.125. The van der Waals surface area contributed by atoms with Gasteiger partial charge in [0.15, 0.2) is 29.7 Å². The Morgan fingerprint density at radius 3 is 2.48 bits per heavy atom. The lowest BCUT2D eigenvalue weighted by Gasteiger charge is -2.11. The summed E-state index contributed by atoms with van der Waals surface area (Å²) in [6, 6.07) is 6.77. The average Bonchev–Trinajstić information content (AvgIpc) is 3.12. The zero-order chi connectivity index (χ0) is 21.0. The van der Waals surface area contributed by atoms with Crippen molar-refractivity contribution in [2.75, 3.05) is 5.32 Å². The number of carbonyl (C=O) groups excluding carboxylic acids is 1. The Hall–Kier alpha value is -3.63. The van der Waals surface area contributed by atoms with Crippen molar-refractivity contribution >= 4 is 11.6 Å². The second kappa shape index (κ2) is 8.59. The van der Waals surface area contributed by atoms with Crippen molar-refractivity contribution in [3.63, 3.8) is 0 Å². The summed E-state index contributed by atoms with van der Waals surface area (Å²) in [4.78, 5) is 12.2. The minimum Gasteiger partial charge on any atom is -0.468 e. The predicted molar refractivity (Wildman–Crippen MR) is 90.2 cm³/mol. The van der Waals surface area contributed by atoms with E-state index < -0.39 is 35.7 Å². The maximum Gasteiger partial charge on any atom is 0.387 e. The highest BCUT2D eigenvalue weighted by molar-refractivity contribution is 6.03. The van der Waals surface area contributed by atoms with Gasteiger partial charge in [-0.1, -0.05) is 0 Å². The Kier molecular flexibility index (Phi) is 5.96. The average molecular weight is 413 g/mol. The van der Waals surface area contributed by atoms with Crippen LogP contribution >= 0.6 is 0 Å². The zero-order valence-corrected chi connectivity index (χ0v) is 14.4. The summed E-state index contributed by atoms with van der Waals surface area (Å²) in [5.74, 6) is -4.05. The first-order valence-corrected chi connectivity index (χ1v) is 7.99. The van der Waals surface area contributed by atoms with Crippen molar-refractivity contribution in [2.45, 2.75) is 13.3 Å². The summed E-state index contributed by atoms with van der Waals surface area (Å²) in [5, 5.41) is 6.18. The number of hydrogen-bond donors (Lipinski definition) is 1. The first kappa shape index (κ1) is 20.1. The van der Waals surface area contributed by atoms with Crippen molar-refractivity contribution in [3.8, 4) is 11.5 Å². The molecule has 0 spiro atoms. The number of halogens is 5. The Morgan fingerprint density at radius 2 is 1.76 bits per heavy atom. The SMILES string of the molecule is O=C(Nc1ccc(F)cc1OC(F)F)c1ccn(COc2ccc(F)cc2F)n1. The molecule has 1 aromatic heterocycles. The smallest absolute Gasteiger partial charge is 0.387 e. The third-order valence-corrected chi connectivity index (χ3v) is 3.53. The van der Waals surface area contributed by atoms with E-state index in [2.05, 4.69) is 15.2 Å². The monoisotopic (exact) mass is 413 g/mol. The van der Waals surface area contributed by atoms with Gasteiger partial charge in [0.05, 0.1) is 5.69 Å². The highest BCUT2D eigenvalue weighted by atomic mass is 19.3. The molecule has 0 saturated carbocycles. The van der Waals surface area contributed by atoms with Gasteiger partial charge in [0, 0.05) is 18.3 Å². The lowest BCUT2D eigenvalue weighted by molar-refractivity contribution is -0.0495. The van der Waals surface area contributed by atoms with E-state index in [1.54, 1.807) is 0 Å². The van der Waals surface area contributed by atoms with E-state index in [0.29, 0.717) is 12.1 Å². The van der Waals surface area contributed by atoms with Crippen LogP contribution < -0.4 is 14.8 Å². The van der Waals surface area contributed by atoms with Crippen LogP contribution in [0.25, 0.3) is 0 Å². The van der Waals surface area contributed by atoms with Crippen LogP contribution in [0, 0.1) is 17.5 Å². The number of amides is 1. The quantitative estimate of drug-likeness (QED) is 0.590. The molecule has 11 heteroatoms. The van der Waals surface area contributed by atoms with E-state index in [1.807, 2.05) is 0 Å². The summed E-state index contributed by atoms with van der Waals surface area (Å²) >= 11 is 0. The fraction of sp³-hybridized carbons (Fsp3) is 0.111. The number of ether oxygens (including phenoxy) is 2. The molecule has 0 saturated heterocycles.